The zero-order valence-electron chi connectivity index (χ0n) is 13.3. The molecule has 5 heteroatoms. The molecule has 120 valence electrons. The number of nitrogens with zero attached hydrogens (tertiary/aromatic N) is 1. The molecule has 0 fully saturated rings. The van der Waals surface area contributed by atoms with Crippen molar-refractivity contribution in [3.63, 3.8) is 0 Å². The number of hydrogen-bond acceptors (Lipinski definition) is 2. The van der Waals surface area contributed by atoms with Gasteiger partial charge in [-0.2, -0.15) is 13.2 Å². The first-order valence-corrected chi connectivity index (χ1v) is 7.22. The molecule has 0 spiro atoms. The van der Waals surface area contributed by atoms with Gasteiger partial charge in [-0.15, -0.1) is 0 Å². The van der Waals surface area contributed by atoms with Crippen molar-refractivity contribution in [2.75, 3.05) is 13.6 Å². The highest BCUT2D eigenvalue weighted by molar-refractivity contribution is 5.25. The maximum atomic E-state index is 12.8. The summed E-state index contributed by atoms with van der Waals surface area (Å²) in [7, 11) is 1.78. The second-order valence-electron chi connectivity index (χ2n) is 5.80. The Morgan fingerprint density at radius 2 is 1.62 bits per heavy atom. The molecule has 2 nitrogen and oxygen atoms in total. The highest BCUT2D eigenvalue weighted by Gasteiger charge is 2.36. The molecule has 1 aromatic carbocycles. The van der Waals surface area contributed by atoms with Gasteiger partial charge in [0.1, 0.15) is 0 Å². The van der Waals surface area contributed by atoms with Crippen LogP contribution < -0.4 is 5.32 Å². The van der Waals surface area contributed by atoms with Crippen LogP contribution in [0.25, 0.3) is 0 Å². The number of hydrogen-bond donors (Lipinski definition) is 1. The quantitative estimate of drug-likeness (QED) is 0.857. The minimum absolute atomic E-state index is 0.143. The monoisotopic (exact) mass is 302 g/mol. The first-order valence-electron chi connectivity index (χ1n) is 7.22. The predicted octanol–water partition coefficient (Wildman–Crippen LogP) is 3.92. The Hall–Kier alpha value is -1.07. The summed E-state index contributed by atoms with van der Waals surface area (Å²) in [6.45, 7) is 6.53. The van der Waals surface area contributed by atoms with Gasteiger partial charge in [0.2, 0.25) is 0 Å². The molecule has 0 bridgehead atoms. The third-order valence-corrected chi connectivity index (χ3v) is 3.78. The summed E-state index contributed by atoms with van der Waals surface area (Å²) in [6, 6.07) is 7.32. The van der Waals surface area contributed by atoms with Gasteiger partial charge in [-0.05, 0) is 40.3 Å². The van der Waals surface area contributed by atoms with Crippen LogP contribution in [0, 0.1) is 6.92 Å². The summed E-state index contributed by atoms with van der Waals surface area (Å²) in [5, 5.41) is 3.15. The number of nitrogens with one attached hydrogen (secondary N) is 1. The lowest BCUT2D eigenvalue weighted by atomic mass is 9.97. The number of rotatable bonds is 6. The van der Waals surface area contributed by atoms with Crippen molar-refractivity contribution >= 4 is 0 Å². The van der Waals surface area contributed by atoms with Crippen LogP contribution >= 0.6 is 0 Å². The Kier molecular flexibility index (Phi) is 6.23. The highest BCUT2D eigenvalue weighted by Crippen LogP contribution is 2.26. The normalized spacial score (nSPS) is 15.5. The van der Waals surface area contributed by atoms with E-state index < -0.39 is 12.7 Å². The van der Waals surface area contributed by atoms with Crippen LogP contribution in [0.3, 0.4) is 0 Å². The van der Waals surface area contributed by atoms with Gasteiger partial charge in [-0.1, -0.05) is 29.8 Å². The number of aryl methyl sites for hydroxylation is 1. The van der Waals surface area contributed by atoms with E-state index in [-0.39, 0.29) is 18.1 Å². The Bertz CT molecular complexity index is 426. The van der Waals surface area contributed by atoms with Gasteiger partial charge in [0.25, 0.3) is 0 Å². The summed E-state index contributed by atoms with van der Waals surface area (Å²) in [4.78, 5) is 1.49. The van der Waals surface area contributed by atoms with Crippen LogP contribution in [0.15, 0.2) is 24.3 Å². The van der Waals surface area contributed by atoms with Crippen molar-refractivity contribution in [1.29, 1.82) is 0 Å². The lowest BCUT2D eigenvalue weighted by Crippen LogP contribution is -2.49. The van der Waals surface area contributed by atoms with Gasteiger partial charge in [0.05, 0.1) is 6.54 Å². The van der Waals surface area contributed by atoms with Gasteiger partial charge in [-0.3, -0.25) is 4.90 Å². The van der Waals surface area contributed by atoms with Gasteiger partial charge in [0, 0.05) is 18.1 Å². The van der Waals surface area contributed by atoms with Crippen LogP contribution in [-0.2, 0) is 0 Å². The van der Waals surface area contributed by atoms with Crippen LogP contribution in [0.2, 0.25) is 0 Å². The third kappa shape index (κ3) is 5.32. The molecule has 1 N–H and O–H groups in total. The molecule has 0 heterocycles. The molecule has 1 rings (SSSR count). The maximum absolute atomic E-state index is 12.8. The maximum Gasteiger partial charge on any atom is 0.401 e. The number of halogens is 3. The zero-order valence-corrected chi connectivity index (χ0v) is 13.3. The second kappa shape index (κ2) is 7.27. The van der Waals surface area contributed by atoms with Crippen molar-refractivity contribution < 1.29 is 13.2 Å². The van der Waals surface area contributed by atoms with E-state index in [0.717, 1.165) is 11.1 Å². The molecular formula is C16H25F3N2. The summed E-state index contributed by atoms with van der Waals surface area (Å²) in [6.07, 6.45) is -4.19. The van der Waals surface area contributed by atoms with Crippen molar-refractivity contribution in [3.05, 3.63) is 35.4 Å². The smallest absolute Gasteiger partial charge is 0.312 e. The predicted molar refractivity (Wildman–Crippen MR) is 80.3 cm³/mol. The molecular weight excluding hydrogens is 277 g/mol. The lowest BCUT2D eigenvalue weighted by Gasteiger charge is -2.38. The van der Waals surface area contributed by atoms with Crippen LogP contribution in [0.5, 0.6) is 0 Å². The van der Waals surface area contributed by atoms with E-state index in [2.05, 4.69) is 5.32 Å². The first kappa shape index (κ1) is 18.0. The topological polar surface area (TPSA) is 15.3 Å². The molecule has 0 aliphatic carbocycles. The standard InChI is InChI=1S/C16H25F3N2/c1-11(2)21(10-16(17,18)19)13(4)15(20-5)14-8-6-12(3)7-9-14/h6-9,11,13,15,20H,10H2,1-5H3. The van der Waals surface area contributed by atoms with E-state index in [1.54, 1.807) is 20.9 Å². The molecule has 0 amide bonds. The van der Waals surface area contributed by atoms with Crippen molar-refractivity contribution in [1.82, 2.24) is 10.2 Å². The SMILES string of the molecule is CNC(c1ccc(C)cc1)C(C)N(CC(F)(F)F)C(C)C. The Labute approximate surface area is 125 Å². The van der Waals surface area contributed by atoms with Gasteiger partial charge in [0.15, 0.2) is 0 Å². The molecule has 0 aliphatic heterocycles. The zero-order chi connectivity index (χ0) is 16.2. The molecule has 21 heavy (non-hydrogen) atoms. The molecule has 0 saturated heterocycles. The van der Waals surface area contributed by atoms with E-state index in [1.807, 2.05) is 38.1 Å². The first-order chi connectivity index (χ1) is 9.65. The largest absolute Gasteiger partial charge is 0.401 e. The van der Waals surface area contributed by atoms with Crippen LogP contribution in [-0.4, -0.2) is 36.8 Å². The molecule has 0 radical (unpaired) electrons. The number of likely N-dealkylation sites (N-methyl/N-ethyl adjacent to an activating group) is 1. The van der Waals surface area contributed by atoms with Gasteiger partial charge >= 0.3 is 6.18 Å². The fourth-order valence-corrected chi connectivity index (χ4v) is 2.66. The van der Waals surface area contributed by atoms with Gasteiger partial charge in [-0.25, -0.2) is 0 Å². The molecule has 0 aliphatic rings. The molecule has 2 atom stereocenters. The Morgan fingerprint density at radius 1 is 1.10 bits per heavy atom. The van der Waals surface area contributed by atoms with Crippen LogP contribution in [0.4, 0.5) is 13.2 Å². The molecule has 1 aromatic rings. The minimum atomic E-state index is -4.19. The fourth-order valence-electron chi connectivity index (χ4n) is 2.66. The lowest BCUT2D eigenvalue weighted by molar-refractivity contribution is -0.155. The van der Waals surface area contributed by atoms with E-state index in [0.29, 0.717) is 0 Å². The highest BCUT2D eigenvalue weighted by atomic mass is 19.4. The van der Waals surface area contributed by atoms with Crippen molar-refractivity contribution in [3.8, 4) is 0 Å². The summed E-state index contributed by atoms with van der Waals surface area (Å²) in [5.74, 6) is 0. The number of alkyl halides is 3. The Morgan fingerprint density at radius 3 is 2.00 bits per heavy atom. The summed E-state index contributed by atoms with van der Waals surface area (Å²) < 4.78 is 38.4. The van der Waals surface area contributed by atoms with Crippen molar-refractivity contribution in [2.24, 2.45) is 0 Å². The van der Waals surface area contributed by atoms with Gasteiger partial charge < -0.3 is 5.32 Å². The second-order valence-corrected chi connectivity index (χ2v) is 5.80. The average Bonchev–Trinajstić information content (AvgIpc) is 2.37. The molecule has 0 saturated carbocycles. The third-order valence-electron chi connectivity index (χ3n) is 3.78. The van der Waals surface area contributed by atoms with E-state index in [1.165, 1.54) is 4.90 Å². The average molecular weight is 302 g/mol. The van der Waals surface area contributed by atoms with E-state index >= 15 is 0 Å². The summed E-state index contributed by atoms with van der Waals surface area (Å²) >= 11 is 0. The molecule has 2 unspecified atom stereocenters. The Balaban J connectivity index is 2.98. The molecule has 0 aromatic heterocycles. The fraction of sp³-hybridized carbons (Fsp3) is 0.625. The van der Waals surface area contributed by atoms with Crippen molar-refractivity contribution in [2.45, 2.75) is 52.0 Å². The van der Waals surface area contributed by atoms with E-state index in [9.17, 15) is 13.2 Å². The summed E-state index contributed by atoms with van der Waals surface area (Å²) in [5.41, 5.74) is 2.14. The minimum Gasteiger partial charge on any atom is -0.312 e. The van der Waals surface area contributed by atoms with Crippen LogP contribution in [0.1, 0.15) is 37.9 Å². The van der Waals surface area contributed by atoms with E-state index in [4.69, 9.17) is 0 Å². The number of benzene rings is 1.